The van der Waals surface area contributed by atoms with E-state index < -0.39 is 5.97 Å². The van der Waals surface area contributed by atoms with Crippen molar-refractivity contribution in [3.63, 3.8) is 0 Å². The van der Waals surface area contributed by atoms with E-state index in [1.54, 1.807) is 6.20 Å². The number of carbonyl (C=O) groups is 1. The van der Waals surface area contributed by atoms with Crippen LogP contribution in [-0.4, -0.2) is 32.6 Å². The van der Waals surface area contributed by atoms with Crippen LogP contribution in [0.4, 0.5) is 0 Å². The number of ether oxygens (including phenoxy) is 1. The maximum Gasteiger partial charge on any atom is 0.358 e. The van der Waals surface area contributed by atoms with Crippen molar-refractivity contribution in [2.75, 3.05) is 6.61 Å². The SMILES string of the molecule is CC(C)c1ncc(OCCc2ccccn2)c(C(=O)O)n1. The normalized spacial score (nSPS) is 10.6. The van der Waals surface area contributed by atoms with Gasteiger partial charge in [0.05, 0.1) is 12.8 Å². The van der Waals surface area contributed by atoms with Gasteiger partial charge in [0.25, 0.3) is 0 Å². The van der Waals surface area contributed by atoms with Crippen LogP contribution < -0.4 is 4.74 Å². The van der Waals surface area contributed by atoms with E-state index in [-0.39, 0.29) is 17.4 Å². The number of carboxylic acid groups (broad SMARTS) is 1. The smallest absolute Gasteiger partial charge is 0.358 e. The first kappa shape index (κ1) is 14.9. The number of nitrogens with zero attached hydrogens (tertiary/aromatic N) is 3. The summed E-state index contributed by atoms with van der Waals surface area (Å²) >= 11 is 0. The Hall–Kier alpha value is -2.50. The molecule has 1 N–H and O–H groups in total. The van der Waals surface area contributed by atoms with Crippen molar-refractivity contribution >= 4 is 5.97 Å². The summed E-state index contributed by atoms with van der Waals surface area (Å²) in [5, 5.41) is 9.21. The zero-order chi connectivity index (χ0) is 15.2. The van der Waals surface area contributed by atoms with Crippen LogP contribution in [0.25, 0.3) is 0 Å². The third-order valence-corrected chi connectivity index (χ3v) is 2.83. The van der Waals surface area contributed by atoms with Crippen LogP contribution in [-0.2, 0) is 6.42 Å². The fraction of sp³-hybridized carbons (Fsp3) is 0.333. The van der Waals surface area contributed by atoms with Crippen LogP contribution in [0, 0.1) is 0 Å². The second-order valence-corrected chi connectivity index (χ2v) is 4.82. The largest absolute Gasteiger partial charge is 0.489 e. The van der Waals surface area contributed by atoms with Crippen molar-refractivity contribution in [3.8, 4) is 5.75 Å². The highest BCUT2D eigenvalue weighted by Crippen LogP contribution is 2.18. The third-order valence-electron chi connectivity index (χ3n) is 2.83. The Kier molecular flexibility index (Phi) is 4.81. The highest BCUT2D eigenvalue weighted by Gasteiger charge is 2.16. The van der Waals surface area contributed by atoms with E-state index in [1.807, 2.05) is 32.0 Å². The maximum atomic E-state index is 11.2. The average Bonchev–Trinajstić information content (AvgIpc) is 2.48. The molecule has 0 fully saturated rings. The van der Waals surface area contributed by atoms with Gasteiger partial charge in [-0.15, -0.1) is 0 Å². The van der Waals surface area contributed by atoms with Crippen LogP contribution in [0.15, 0.2) is 30.6 Å². The minimum atomic E-state index is -1.12. The molecule has 0 saturated heterocycles. The van der Waals surface area contributed by atoms with E-state index >= 15 is 0 Å². The first-order valence-electron chi connectivity index (χ1n) is 6.71. The molecular formula is C15H17N3O3. The monoisotopic (exact) mass is 287 g/mol. The minimum absolute atomic E-state index is 0.0608. The van der Waals surface area contributed by atoms with Gasteiger partial charge in [0.1, 0.15) is 5.82 Å². The molecule has 6 nitrogen and oxygen atoms in total. The van der Waals surface area contributed by atoms with Gasteiger partial charge in [-0.2, -0.15) is 0 Å². The van der Waals surface area contributed by atoms with E-state index in [0.717, 1.165) is 5.69 Å². The molecule has 2 heterocycles. The minimum Gasteiger partial charge on any atom is -0.489 e. The Balaban J connectivity index is 2.07. The molecule has 0 atom stereocenters. The quantitative estimate of drug-likeness (QED) is 0.877. The Morgan fingerprint density at radius 2 is 2.14 bits per heavy atom. The topological polar surface area (TPSA) is 85.2 Å². The molecule has 0 amide bonds. The predicted molar refractivity (Wildman–Crippen MR) is 76.5 cm³/mol. The first-order chi connectivity index (χ1) is 10.1. The summed E-state index contributed by atoms with van der Waals surface area (Å²) in [7, 11) is 0. The fourth-order valence-corrected chi connectivity index (χ4v) is 1.73. The van der Waals surface area contributed by atoms with Crippen LogP contribution >= 0.6 is 0 Å². The van der Waals surface area contributed by atoms with Gasteiger partial charge in [-0.1, -0.05) is 19.9 Å². The lowest BCUT2D eigenvalue weighted by Gasteiger charge is -2.10. The van der Waals surface area contributed by atoms with Gasteiger partial charge < -0.3 is 9.84 Å². The zero-order valence-corrected chi connectivity index (χ0v) is 12.0. The molecule has 6 heteroatoms. The Labute approximate surface area is 122 Å². The fourth-order valence-electron chi connectivity index (χ4n) is 1.73. The van der Waals surface area contributed by atoms with Gasteiger partial charge in [-0.25, -0.2) is 14.8 Å². The summed E-state index contributed by atoms with van der Waals surface area (Å²) in [5.41, 5.74) is 0.781. The number of carboxylic acids is 1. The van der Waals surface area contributed by atoms with Crippen molar-refractivity contribution in [3.05, 3.63) is 47.8 Å². The van der Waals surface area contributed by atoms with E-state index in [1.165, 1.54) is 6.20 Å². The number of pyridine rings is 1. The molecule has 0 bridgehead atoms. The van der Waals surface area contributed by atoms with Gasteiger partial charge in [-0.05, 0) is 12.1 Å². The molecule has 0 aliphatic carbocycles. The molecule has 2 aromatic heterocycles. The van der Waals surface area contributed by atoms with Crippen molar-refractivity contribution in [1.29, 1.82) is 0 Å². The summed E-state index contributed by atoms with van der Waals surface area (Å²) < 4.78 is 5.49. The Morgan fingerprint density at radius 1 is 1.33 bits per heavy atom. The highest BCUT2D eigenvalue weighted by atomic mass is 16.5. The summed E-state index contributed by atoms with van der Waals surface area (Å²) in [4.78, 5) is 23.6. The number of rotatable bonds is 6. The standard InChI is InChI=1S/C15H17N3O3/c1-10(2)14-17-9-12(13(18-14)15(19)20)21-8-6-11-5-3-4-7-16-11/h3-5,7,9-10H,6,8H2,1-2H3,(H,19,20). The highest BCUT2D eigenvalue weighted by molar-refractivity contribution is 5.88. The van der Waals surface area contributed by atoms with Crippen molar-refractivity contribution in [2.24, 2.45) is 0 Å². The van der Waals surface area contributed by atoms with Crippen molar-refractivity contribution < 1.29 is 14.6 Å². The second kappa shape index (κ2) is 6.78. The molecule has 2 aromatic rings. The Morgan fingerprint density at radius 3 is 2.76 bits per heavy atom. The molecule has 0 saturated carbocycles. The van der Waals surface area contributed by atoms with Gasteiger partial charge in [-0.3, -0.25) is 4.98 Å². The number of aromatic nitrogens is 3. The lowest BCUT2D eigenvalue weighted by Crippen LogP contribution is -2.12. The van der Waals surface area contributed by atoms with E-state index in [9.17, 15) is 9.90 Å². The summed E-state index contributed by atoms with van der Waals surface area (Å²) in [6.07, 6.45) is 3.72. The molecule has 0 unspecified atom stereocenters. The van der Waals surface area contributed by atoms with Gasteiger partial charge in [0, 0.05) is 24.2 Å². The molecule has 21 heavy (non-hydrogen) atoms. The van der Waals surface area contributed by atoms with Gasteiger partial charge >= 0.3 is 5.97 Å². The third kappa shape index (κ3) is 3.98. The van der Waals surface area contributed by atoms with Crippen molar-refractivity contribution in [2.45, 2.75) is 26.2 Å². The molecule has 0 aliphatic heterocycles. The van der Waals surface area contributed by atoms with Crippen LogP contribution in [0.5, 0.6) is 5.75 Å². The number of hydrogen-bond acceptors (Lipinski definition) is 5. The average molecular weight is 287 g/mol. The lowest BCUT2D eigenvalue weighted by molar-refractivity contribution is 0.0684. The van der Waals surface area contributed by atoms with Crippen LogP contribution in [0.1, 0.15) is 41.8 Å². The summed E-state index contributed by atoms with van der Waals surface area (Å²) in [6, 6.07) is 5.62. The summed E-state index contributed by atoms with van der Waals surface area (Å²) in [5.74, 6) is -0.384. The van der Waals surface area contributed by atoms with Crippen molar-refractivity contribution in [1.82, 2.24) is 15.0 Å². The maximum absolute atomic E-state index is 11.2. The van der Waals surface area contributed by atoms with Crippen LogP contribution in [0.3, 0.4) is 0 Å². The summed E-state index contributed by atoms with van der Waals surface area (Å²) in [6.45, 7) is 4.13. The van der Waals surface area contributed by atoms with E-state index in [4.69, 9.17) is 4.74 Å². The first-order valence-corrected chi connectivity index (χ1v) is 6.71. The van der Waals surface area contributed by atoms with E-state index in [0.29, 0.717) is 18.9 Å². The molecule has 110 valence electrons. The molecule has 0 aliphatic rings. The Bertz CT molecular complexity index is 615. The molecule has 0 radical (unpaired) electrons. The molecule has 0 spiro atoms. The van der Waals surface area contributed by atoms with E-state index in [2.05, 4.69) is 15.0 Å². The van der Waals surface area contributed by atoms with Gasteiger partial charge in [0.15, 0.2) is 11.4 Å². The lowest BCUT2D eigenvalue weighted by atomic mass is 10.2. The molecular weight excluding hydrogens is 270 g/mol. The number of aromatic carboxylic acids is 1. The van der Waals surface area contributed by atoms with Crippen LogP contribution in [0.2, 0.25) is 0 Å². The van der Waals surface area contributed by atoms with Gasteiger partial charge in [0.2, 0.25) is 0 Å². The second-order valence-electron chi connectivity index (χ2n) is 4.82. The molecule has 2 rings (SSSR count). The number of hydrogen-bond donors (Lipinski definition) is 1. The zero-order valence-electron chi connectivity index (χ0n) is 12.0. The molecule has 0 aromatic carbocycles. The predicted octanol–water partition coefficient (Wildman–Crippen LogP) is 2.31.